The molecule has 2 fully saturated rings. The number of rotatable bonds is 4. The lowest BCUT2D eigenvalue weighted by Crippen LogP contribution is -2.53. The highest BCUT2D eigenvalue weighted by Gasteiger charge is 2.38. The molecule has 1 aliphatic heterocycles. The molecule has 1 heterocycles. The SMILES string of the molecule is CC(C(=O)O)C1CN(C(=O)CC2CC2)C1. The van der Waals surface area contributed by atoms with Gasteiger partial charge in [0.2, 0.25) is 5.91 Å². The Bertz CT molecular complexity index is 280. The minimum absolute atomic E-state index is 0.158. The Balaban J connectivity index is 1.72. The third-order valence-electron chi connectivity index (χ3n) is 3.52. The molecule has 0 bridgehead atoms. The summed E-state index contributed by atoms with van der Waals surface area (Å²) in [5, 5.41) is 8.79. The first-order valence-corrected chi connectivity index (χ1v) is 5.58. The average Bonchev–Trinajstić information content (AvgIpc) is 2.84. The number of carboxylic acids is 1. The van der Waals surface area contributed by atoms with Crippen LogP contribution >= 0.6 is 0 Å². The zero-order chi connectivity index (χ0) is 11.0. The van der Waals surface area contributed by atoms with Gasteiger partial charge in [-0.1, -0.05) is 6.92 Å². The Labute approximate surface area is 89.3 Å². The summed E-state index contributed by atoms with van der Waals surface area (Å²) in [7, 11) is 0. The van der Waals surface area contributed by atoms with Crippen molar-refractivity contribution in [2.45, 2.75) is 26.2 Å². The van der Waals surface area contributed by atoms with Crippen molar-refractivity contribution in [1.82, 2.24) is 4.90 Å². The van der Waals surface area contributed by atoms with Crippen LogP contribution in [0.1, 0.15) is 26.2 Å². The van der Waals surface area contributed by atoms with E-state index in [1.54, 1.807) is 11.8 Å². The molecule has 1 saturated carbocycles. The van der Waals surface area contributed by atoms with Crippen molar-refractivity contribution in [3.8, 4) is 0 Å². The lowest BCUT2D eigenvalue weighted by molar-refractivity contribution is -0.150. The zero-order valence-electron chi connectivity index (χ0n) is 8.98. The number of aliphatic carboxylic acids is 1. The van der Waals surface area contributed by atoms with E-state index in [-0.39, 0.29) is 17.7 Å². The number of hydrogen-bond donors (Lipinski definition) is 1. The van der Waals surface area contributed by atoms with E-state index in [0.717, 1.165) is 0 Å². The standard InChI is InChI=1S/C11H17NO3/c1-7(11(14)15)9-5-12(6-9)10(13)4-8-2-3-8/h7-9H,2-6H2,1H3,(H,14,15). The third-order valence-corrected chi connectivity index (χ3v) is 3.52. The molecule has 0 spiro atoms. The lowest BCUT2D eigenvalue weighted by atomic mass is 9.87. The molecule has 1 unspecified atom stereocenters. The van der Waals surface area contributed by atoms with Crippen molar-refractivity contribution in [3.05, 3.63) is 0 Å². The number of hydrogen-bond acceptors (Lipinski definition) is 2. The maximum Gasteiger partial charge on any atom is 0.306 e. The molecule has 15 heavy (non-hydrogen) atoms. The topological polar surface area (TPSA) is 57.6 Å². The molecule has 2 rings (SSSR count). The van der Waals surface area contributed by atoms with Crippen molar-refractivity contribution in [1.29, 1.82) is 0 Å². The summed E-state index contributed by atoms with van der Waals surface area (Å²) in [6.07, 6.45) is 3.05. The summed E-state index contributed by atoms with van der Waals surface area (Å²) in [5.41, 5.74) is 0. The first kappa shape index (κ1) is 10.5. The van der Waals surface area contributed by atoms with Crippen molar-refractivity contribution in [2.24, 2.45) is 17.8 Å². The van der Waals surface area contributed by atoms with Crippen LogP contribution in [0.3, 0.4) is 0 Å². The maximum absolute atomic E-state index is 11.6. The van der Waals surface area contributed by atoms with Gasteiger partial charge in [-0.25, -0.2) is 0 Å². The quantitative estimate of drug-likeness (QED) is 0.753. The second-order valence-corrected chi connectivity index (χ2v) is 4.83. The molecule has 1 aliphatic carbocycles. The molecule has 84 valence electrons. The lowest BCUT2D eigenvalue weighted by Gasteiger charge is -2.41. The van der Waals surface area contributed by atoms with Crippen LogP contribution in [-0.2, 0) is 9.59 Å². The van der Waals surface area contributed by atoms with Gasteiger partial charge >= 0.3 is 5.97 Å². The summed E-state index contributed by atoms with van der Waals surface area (Å²) in [4.78, 5) is 24.1. The van der Waals surface area contributed by atoms with Crippen LogP contribution in [0.2, 0.25) is 0 Å². The van der Waals surface area contributed by atoms with E-state index in [1.165, 1.54) is 12.8 Å². The van der Waals surface area contributed by atoms with Gasteiger partial charge in [0.15, 0.2) is 0 Å². The molecule has 4 nitrogen and oxygen atoms in total. The fraction of sp³-hybridized carbons (Fsp3) is 0.818. The maximum atomic E-state index is 11.6. The molecule has 0 radical (unpaired) electrons. The normalized spacial score (nSPS) is 23.4. The van der Waals surface area contributed by atoms with Crippen LogP contribution in [-0.4, -0.2) is 35.0 Å². The van der Waals surface area contributed by atoms with E-state index in [2.05, 4.69) is 0 Å². The van der Waals surface area contributed by atoms with E-state index in [1.807, 2.05) is 0 Å². The number of carbonyl (C=O) groups excluding carboxylic acids is 1. The average molecular weight is 211 g/mol. The van der Waals surface area contributed by atoms with Gasteiger partial charge in [0, 0.05) is 25.4 Å². The molecule has 1 saturated heterocycles. The van der Waals surface area contributed by atoms with Gasteiger partial charge in [-0.2, -0.15) is 0 Å². The van der Waals surface area contributed by atoms with Crippen molar-refractivity contribution < 1.29 is 14.7 Å². The van der Waals surface area contributed by atoms with E-state index in [0.29, 0.717) is 25.4 Å². The first-order valence-electron chi connectivity index (χ1n) is 5.58. The Morgan fingerprint density at radius 1 is 1.40 bits per heavy atom. The number of likely N-dealkylation sites (tertiary alicyclic amines) is 1. The van der Waals surface area contributed by atoms with Crippen LogP contribution in [0.4, 0.5) is 0 Å². The highest BCUT2D eigenvalue weighted by molar-refractivity contribution is 5.78. The van der Waals surface area contributed by atoms with Crippen LogP contribution in [0.5, 0.6) is 0 Å². The molecule has 0 aromatic heterocycles. The van der Waals surface area contributed by atoms with Gasteiger partial charge in [0.1, 0.15) is 0 Å². The predicted octanol–water partition coefficient (Wildman–Crippen LogP) is 0.966. The van der Waals surface area contributed by atoms with Gasteiger partial charge in [-0.3, -0.25) is 9.59 Å². The summed E-state index contributed by atoms with van der Waals surface area (Å²) >= 11 is 0. The number of amides is 1. The molecule has 0 aromatic carbocycles. The molecule has 0 aromatic rings. The summed E-state index contributed by atoms with van der Waals surface area (Å²) in [6, 6.07) is 0. The van der Waals surface area contributed by atoms with Gasteiger partial charge in [-0.05, 0) is 18.8 Å². The van der Waals surface area contributed by atoms with E-state index < -0.39 is 5.97 Å². The van der Waals surface area contributed by atoms with Gasteiger partial charge < -0.3 is 10.0 Å². The Morgan fingerprint density at radius 2 is 2.00 bits per heavy atom. The number of carbonyl (C=O) groups is 2. The minimum atomic E-state index is -0.755. The van der Waals surface area contributed by atoms with E-state index in [4.69, 9.17) is 5.11 Å². The largest absolute Gasteiger partial charge is 0.481 e. The number of carboxylic acid groups (broad SMARTS) is 1. The Hall–Kier alpha value is -1.06. The second kappa shape index (κ2) is 3.83. The molecular formula is C11H17NO3. The zero-order valence-corrected chi connectivity index (χ0v) is 8.98. The smallest absolute Gasteiger partial charge is 0.306 e. The van der Waals surface area contributed by atoms with Crippen LogP contribution in [0.25, 0.3) is 0 Å². The van der Waals surface area contributed by atoms with Crippen LogP contribution in [0.15, 0.2) is 0 Å². The Kier molecular flexibility index (Phi) is 2.67. The summed E-state index contributed by atoms with van der Waals surface area (Å²) < 4.78 is 0. The van der Waals surface area contributed by atoms with Crippen molar-refractivity contribution in [3.63, 3.8) is 0 Å². The summed E-state index contributed by atoms with van der Waals surface area (Å²) in [6.45, 7) is 2.99. The first-order chi connectivity index (χ1) is 7.08. The van der Waals surface area contributed by atoms with Crippen LogP contribution in [0, 0.1) is 17.8 Å². The van der Waals surface area contributed by atoms with Crippen molar-refractivity contribution in [2.75, 3.05) is 13.1 Å². The second-order valence-electron chi connectivity index (χ2n) is 4.83. The van der Waals surface area contributed by atoms with E-state index >= 15 is 0 Å². The molecule has 4 heteroatoms. The van der Waals surface area contributed by atoms with Crippen LogP contribution < -0.4 is 0 Å². The highest BCUT2D eigenvalue weighted by atomic mass is 16.4. The molecule has 1 N–H and O–H groups in total. The van der Waals surface area contributed by atoms with E-state index in [9.17, 15) is 9.59 Å². The number of nitrogens with zero attached hydrogens (tertiary/aromatic N) is 1. The molecule has 1 amide bonds. The Morgan fingerprint density at radius 3 is 2.47 bits per heavy atom. The van der Waals surface area contributed by atoms with Gasteiger partial charge in [-0.15, -0.1) is 0 Å². The van der Waals surface area contributed by atoms with Crippen molar-refractivity contribution >= 4 is 11.9 Å². The highest BCUT2D eigenvalue weighted by Crippen LogP contribution is 2.34. The van der Waals surface area contributed by atoms with Gasteiger partial charge in [0.25, 0.3) is 0 Å². The minimum Gasteiger partial charge on any atom is -0.481 e. The third kappa shape index (κ3) is 2.30. The molecule has 1 atom stereocenters. The monoisotopic (exact) mass is 211 g/mol. The fourth-order valence-electron chi connectivity index (χ4n) is 1.93. The van der Waals surface area contributed by atoms with Gasteiger partial charge in [0.05, 0.1) is 5.92 Å². The molecular weight excluding hydrogens is 194 g/mol. The molecule has 2 aliphatic rings. The summed E-state index contributed by atoms with van der Waals surface area (Å²) in [5.74, 6) is -0.0882. The fourth-order valence-corrected chi connectivity index (χ4v) is 1.93. The predicted molar refractivity (Wildman–Crippen MR) is 54.2 cm³/mol.